The molecule has 5 nitrogen and oxygen atoms in total. The fourth-order valence-corrected chi connectivity index (χ4v) is 4.28. The second kappa shape index (κ2) is 10.5. The lowest BCUT2D eigenvalue weighted by Gasteiger charge is -2.36. The molecular formula is C22H35N3O2. The Hall–Kier alpha value is -1.75. The molecule has 5 heteroatoms. The smallest absolute Gasteiger partial charge is 0.220 e. The summed E-state index contributed by atoms with van der Waals surface area (Å²) in [5.41, 5.74) is 1.26. The highest BCUT2D eigenvalue weighted by molar-refractivity contribution is 5.75. The van der Waals surface area contributed by atoms with E-state index in [0.717, 1.165) is 57.4 Å². The predicted octanol–water partition coefficient (Wildman–Crippen LogP) is 3.29. The van der Waals surface area contributed by atoms with Crippen LogP contribution in [0.5, 0.6) is 5.75 Å². The number of nitrogens with one attached hydrogen (secondary N) is 1. The van der Waals surface area contributed by atoms with Crippen LogP contribution < -0.4 is 15.0 Å². The topological polar surface area (TPSA) is 44.8 Å². The van der Waals surface area contributed by atoms with Crippen LogP contribution in [0.25, 0.3) is 0 Å². The van der Waals surface area contributed by atoms with Crippen LogP contribution in [0, 0.1) is 5.92 Å². The number of nitrogens with zero attached hydrogens (tertiary/aromatic N) is 2. The fourth-order valence-electron chi connectivity index (χ4n) is 4.28. The molecule has 1 aromatic carbocycles. The van der Waals surface area contributed by atoms with E-state index in [9.17, 15) is 4.79 Å². The highest BCUT2D eigenvalue weighted by Crippen LogP contribution is 2.27. The molecule has 2 aliphatic rings. The van der Waals surface area contributed by atoms with Crippen molar-refractivity contribution in [2.45, 2.75) is 44.9 Å². The Balaban J connectivity index is 1.28. The van der Waals surface area contributed by atoms with E-state index in [0.29, 0.717) is 6.42 Å². The van der Waals surface area contributed by atoms with Crippen molar-refractivity contribution in [3.05, 3.63) is 24.3 Å². The molecule has 0 atom stereocenters. The van der Waals surface area contributed by atoms with Crippen molar-refractivity contribution < 1.29 is 9.53 Å². The third-order valence-electron chi connectivity index (χ3n) is 6.06. The Morgan fingerprint density at radius 3 is 2.44 bits per heavy atom. The first-order valence-corrected chi connectivity index (χ1v) is 10.6. The van der Waals surface area contributed by atoms with Gasteiger partial charge in [0.2, 0.25) is 5.91 Å². The molecule has 1 heterocycles. The highest BCUT2D eigenvalue weighted by atomic mass is 16.5. The van der Waals surface area contributed by atoms with E-state index in [2.05, 4.69) is 27.2 Å². The van der Waals surface area contributed by atoms with Gasteiger partial charge < -0.3 is 15.0 Å². The highest BCUT2D eigenvalue weighted by Gasteiger charge is 2.18. The monoisotopic (exact) mass is 373 g/mol. The molecule has 0 spiro atoms. The normalized spacial score (nSPS) is 19.1. The van der Waals surface area contributed by atoms with E-state index in [-0.39, 0.29) is 5.91 Å². The minimum Gasteiger partial charge on any atom is -0.497 e. The number of ether oxygens (including phenoxy) is 1. The maximum Gasteiger partial charge on any atom is 0.220 e. The summed E-state index contributed by atoms with van der Waals surface area (Å²) in [6.45, 7) is 5.87. The number of amides is 1. The van der Waals surface area contributed by atoms with Crippen molar-refractivity contribution >= 4 is 11.6 Å². The van der Waals surface area contributed by atoms with Crippen LogP contribution in [-0.4, -0.2) is 57.2 Å². The average molecular weight is 374 g/mol. The zero-order valence-electron chi connectivity index (χ0n) is 16.8. The Labute approximate surface area is 164 Å². The molecule has 1 aromatic rings. The second-order valence-corrected chi connectivity index (χ2v) is 7.92. The standard InChI is InChI=1S/C22H35N3O2/c1-27-21-10-8-20(9-11-21)25-17-15-24(16-18-25)14-13-23-22(26)12-7-19-5-3-2-4-6-19/h8-11,19H,2-7,12-18H2,1H3,(H,23,26). The molecule has 2 fully saturated rings. The molecule has 3 rings (SSSR count). The Morgan fingerprint density at radius 2 is 1.78 bits per heavy atom. The summed E-state index contributed by atoms with van der Waals surface area (Å²) in [5.74, 6) is 1.92. The van der Waals surface area contributed by atoms with Crippen molar-refractivity contribution in [2.24, 2.45) is 5.92 Å². The van der Waals surface area contributed by atoms with Gasteiger partial charge in [-0.1, -0.05) is 32.1 Å². The van der Waals surface area contributed by atoms with Gasteiger partial charge in [-0.3, -0.25) is 9.69 Å². The maximum atomic E-state index is 12.1. The van der Waals surface area contributed by atoms with Gasteiger partial charge >= 0.3 is 0 Å². The fraction of sp³-hybridized carbons (Fsp3) is 0.682. The largest absolute Gasteiger partial charge is 0.497 e. The van der Waals surface area contributed by atoms with Crippen LogP contribution in [0.4, 0.5) is 5.69 Å². The van der Waals surface area contributed by atoms with Crippen molar-refractivity contribution in [1.82, 2.24) is 10.2 Å². The number of rotatable bonds is 8. The second-order valence-electron chi connectivity index (χ2n) is 7.92. The van der Waals surface area contributed by atoms with E-state index in [1.54, 1.807) is 7.11 Å². The zero-order valence-corrected chi connectivity index (χ0v) is 16.8. The van der Waals surface area contributed by atoms with Crippen LogP contribution >= 0.6 is 0 Å². The van der Waals surface area contributed by atoms with Gasteiger partial charge in [0.1, 0.15) is 5.75 Å². The maximum absolute atomic E-state index is 12.1. The summed E-state index contributed by atoms with van der Waals surface area (Å²) in [5, 5.41) is 3.12. The molecule has 0 bridgehead atoms. The number of hydrogen-bond acceptors (Lipinski definition) is 4. The van der Waals surface area contributed by atoms with Crippen LogP contribution in [0.1, 0.15) is 44.9 Å². The third-order valence-corrected chi connectivity index (χ3v) is 6.06. The van der Waals surface area contributed by atoms with Gasteiger partial charge in [-0.05, 0) is 36.6 Å². The number of carbonyl (C=O) groups is 1. The van der Waals surface area contributed by atoms with Gasteiger partial charge in [0.25, 0.3) is 0 Å². The van der Waals surface area contributed by atoms with Crippen molar-refractivity contribution in [3.8, 4) is 5.75 Å². The molecule has 1 saturated heterocycles. The quantitative estimate of drug-likeness (QED) is 0.759. The van der Waals surface area contributed by atoms with Gasteiger partial charge in [-0.25, -0.2) is 0 Å². The van der Waals surface area contributed by atoms with Gasteiger partial charge in [-0.15, -0.1) is 0 Å². The molecule has 1 aliphatic heterocycles. The van der Waals surface area contributed by atoms with Crippen LogP contribution in [0.3, 0.4) is 0 Å². The molecule has 27 heavy (non-hydrogen) atoms. The van der Waals surface area contributed by atoms with E-state index in [1.807, 2.05) is 12.1 Å². The molecule has 1 amide bonds. The molecule has 1 N–H and O–H groups in total. The van der Waals surface area contributed by atoms with Crippen LogP contribution in [0.2, 0.25) is 0 Å². The summed E-state index contributed by atoms with van der Waals surface area (Å²) in [4.78, 5) is 16.9. The first-order chi connectivity index (χ1) is 13.2. The number of methoxy groups -OCH3 is 1. The Bertz CT molecular complexity index is 561. The number of piperazine rings is 1. The van der Waals surface area contributed by atoms with Crippen LogP contribution in [0.15, 0.2) is 24.3 Å². The predicted molar refractivity (Wildman–Crippen MR) is 110 cm³/mol. The summed E-state index contributed by atoms with van der Waals surface area (Å²) in [6.07, 6.45) is 8.53. The molecule has 1 saturated carbocycles. The number of benzene rings is 1. The van der Waals surface area contributed by atoms with E-state index in [1.165, 1.54) is 37.8 Å². The summed E-state index contributed by atoms with van der Waals surface area (Å²) in [6, 6.07) is 8.29. The van der Waals surface area contributed by atoms with Crippen molar-refractivity contribution in [1.29, 1.82) is 0 Å². The van der Waals surface area contributed by atoms with E-state index >= 15 is 0 Å². The lowest BCUT2D eigenvalue weighted by atomic mass is 9.86. The summed E-state index contributed by atoms with van der Waals surface area (Å²) in [7, 11) is 1.70. The van der Waals surface area contributed by atoms with Crippen LogP contribution in [-0.2, 0) is 4.79 Å². The van der Waals surface area contributed by atoms with Crippen molar-refractivity contribution in [2.75, 3.05) is 51.3 Å². The van der Waals surface area contributed by atoms with E-state index in [4.69, 9.17) is 4.74 Å². The van der Waals surface area contributed by atoms with Gasteiger partial charge in [0.15, 0.2) is 0 Å². The lowest BCUT2D eigenvalue weighted by Crippen LogP contribution is -2.48. The lowest BCUT2D eigenvalue weighted by molar-refractivity contribution is -0.121. The number of carbonyl (C=O) groups excluding carboxylic acids is 1. The molecule has 0 radical (unpaired) electrons. The van der Waals surface area contributed by atoms with E-state index < -0.39 is 0 Å². The van der Waals surface area contributed by atoms with Gasteiger partial charge in [0.05, 0.1) is 7.11 Å². The summed E-state index contributed by atoms with van der Waals surface area (Å²) < 4.78 is 5.23. The van der Waals surface area contributed by atoms with Gasteiger partial charge in [0, 0.05) is 51.4 Å². The summed E-state index contributed by atoms with van der Waals surface area (Å²) >= 11 is 0. The first kappa shape index (κ1) is 20.0. The Kier molecular flexibility index (Phi) is 7.81. The first-order valence-electron chi connectivity index (χ1n) is 10.6. The SMILES string of the molecule is COc1ccc(N2CCN(CCNC(=O)CCC3CCCCC3)CC2)cc1. The minimum atomic E-state index is 0.234. The molecule has 0 unspecified atom stereocenters. The zero-order chi connectivity index (χ0) is 18.9. The molecule has 0 aromatic heterocycles. The molecular weight excluding hydrogens is 338 g/mol. The molecule has 150 valence electrons. The Morgan fingerprint density at radius 1 is 1.07 bits per heavy atom. The average Bonchev–Trinajstić information content (AvgIpc) is 2.74. The van der Waals surface area contributed by atoms with Crippen molar-refractivity contribution in [3.63, 3.8) is 0 Å². The minimum absolute atomic E-state index is 0.234. The third kappa shape index (κ3) is 6.42. The molecule has 1 aliphatic carbocycles. The number of anilines is 1. The van der Waals surface area contributed by atoms with Gasteiger partial charge in [-0.2, -0.15) is 0 Å². The number of hydrogen-bond donors (Lipinski definition) is 1.